The van der Waals surface area contributed by atoms with E-state index in [1.165, 1.54) is 25.1 Å². The van der Waals surface area contributed by atoms with E-state index in [9.17, 15) is 4.91 Å². The van der Waals surface area contributed by atoms with Gasteiger partial charge < -0.3 is 0 Å². The normalized spacial score (nSPS) is 11.6. The molecule has 1 N–H and O–H groups in total. The van der Waals surface area contributed by atoms with Gasteiger partial charge in [0.1, 0.15) is 0 Å². The lowest BCUT2D eigenvalue weighted by Crippen LogP contribution is -1.97. The van der Waals surface area contributed by atoms with Gasteiger partial charge in [-0.2, -0.15) is 0 Å². The molecule has 0 amide bonds. The van der Waals surface area contributed by atoms with Crippen molar-refractivity contribution in [2.45, 2.75) is 6.92 Å². The molecule has 3 nitrogen and oxygen atoms in total. The van der Waals surface area contributed by atoms with Gasteiger partial charge in [-0.15, -0.1) is 0 Å². The molecule has 1 rings (SSSR count). The minimum Gasteiger partial charge on any atom is -0.241 e. The standard InChI is InChI=1S/C9H7Cl3NO2/c1-5(13(14)15)2-7-8(11)3-6(10)4-9(7)12/h2-4H,1H3,(H,14,15)/q+1/b5-2+. The molecule has 0 aliphatic rings. The van der Waals surface area contributed by atoms with Crippen LogP contribution in [0.2, 0.25) is 15.1 Å². The Hall–Kier alpha value is -0.770. The van der Waals surface area contributed by atoms with Crippen molar-refractivity contribution in [3.8, 4) is 0 Å². The third kappa shape index (κ3) is 3.09. The molecule has 0 fully saturated rings. The summed E-state index contributed by atoms with van der Waals surface area (Å²) in [5.74, 6) is 0. The van der Waals surface area contributed by atoms with Crippen LogP contribution >= 0.6 is 34.8 Å². The van der Waals surface area contributed by atoms with Crippen LogP contribution in [0.15, 0.2) is 17.8 Å². The fourth-order valence-electron chi connectivity index (χ4n) is 0.955. The monoisotopic (exact) mass is 266 g/mol. The van der Waals surface area contributed by atoms with Gasteiger partial charge in [0.05, 0.1) is 15.0 Å². The first-order chi connectivity index (χ1) is 6.91. The van der Waals surface area contributed by atoms with Gasteiger partial charge in [0.15, 0.2) is 0 Å². The maximum atomic E-state index is 10.5. The van der Waals surface area contributed by atoms with Crippen LogP contribution in [0.1, 0.15) is 12.5 Å². The zero-order valence-corrected chi connectivity index (χ0v) is 9.94. The second-order valence-electron chi connectivity index (χ2n) is 2.84. The van der Waals surface area contributed by atoms with Gasteiger partial charge in [-0.05, 0) is 12.1 Å². The molecule has 80 valence electrons. The lowest BCUT2D eigenvalue weighted by atomic mass is 10.2. The summed E-state index contributed by atoms with van der Waals surface area (Å²) in [5, 5.41) is 9.65. The van der Waals surface area contributed by atoms with Crippen molar-refractivity contribution in [3.05, 3.63) is 43.4 Å². The van der Waals surface area contributed by atoms with E-state index in [1.54, 1.807) is 0 Å². The topological polar surface area (TPSA) is 40.3 Å². The summed E-state index contributed by atoms with van der Waals surface area (Å²) < 4.78 is 0. The maximum absolute atomic E-state index is 10.5. The Morgan fingerprint density at radius 1 is 1.33 bits per heavy atom. The lowest BCUT2D eigenvalue weighted by molar-refractivity contribution is -0.754. The van der Waals surface area contributed by atoms with E-state index in [0.717, 1.165) is 0 Å². The third-order valence-corrected chi connectivity index (χ3v) is 2.54. The molecule has 0 bridgehead atoms. The molecule has 0 saturated carbocycles. The van der Waals surface area contributed by atoms with E-state index < -0.39 is 0 Å². The summed E-state index contributed by atoms with van der Waals surface area (Å²) in [5.41, 5.74) is 0.510. The second kappa shape index (κ2) is 4.84. The third-order valence-electron chi connectivity index (χ3n) is 1.70. The van der Waals surface area contributed by atoms with Crippen molar-refractivity contribution in [2.75, 3.05) is 0 Å². The van der Waals surface area contributed by atoms with Gasteiger partial charge in [-0.1, -0.05) is 34.8 Å². The van der Waals surface area contributed by atoms with E-state index in [0.29, 0.717) is 20.6 Å². The van der Waals surface area contributed by atoms with Crippen LogP contribution in [0.4, 0.5) is 0 Å². The Morgan fingerprint density at radius 2 is 1.80 bits per heavy atom. The Bertz CT molecular complexity index is 420. The number of halogens is 3. The molecule has 0 spiro atoms. The van der Waals surface area contributed by atoms with Crippen LogP contribution in [0.3, 0.4) is 0 Å². The van der Waals surface area contributed by atoms with E-state index in [-0.39, 0.29) is 10.6 Å². The molecule has 1 aromatic rings. The number of rotatable bonds is 2. The number of allylic oxidation sites excluding steroid dienone is 1. The maximum Gasteiger partial charge on any atom is 0.291 e. The average molecular weight is 268 g/mol. The van der Waals surface area contributed by atoms with Gasteiger partial charge in [0.25, 0.3) is 10.6 Å². The quantitative estimate of drug-likeness (QED) is 0.817. The molecule has 0 aliphatic carbocycles. The van der Waals surface area contributed by atoms with Crippen molar-refractivity contribution in [1.82, 2.24) is 0 Å². The Labute approximate surface area is 101 Å². The molecule has 0 aromatic heterocycles. The highest BCUT2D eigenvalue weighted by Gasteiger charge is 2.13. The predicted molar refractivity (Wildman–Crippen MR) is 60.5 cm³/mol. The summed E-state index contributed by atoms with van der Waals surface area (Å²) in [4.78, 5) is 10.3. The molecule has 1 aromatic carbocycles. The van der Waals surface area contributed by atoms with Crippen LogP contribution in [-0.4, -0.2) is 10.1 Å². The molecular weight excluding hydrogens is 260 g/mol. The molecule has 0 aliphatic heterocycles. The number of hydrogen-bond donors (Lipinski definition) is 1. The SMILES string of the molecule is C/C(=C\c1c(Cl)cc(Cl)cc1Cl)[N+](=O)O. The summed E-state index contributed by atoms with van der Waals surface area (Å²) in [6.07, 6.45) is 1.37. The largest absolute Gasteiger partial charge is 0.291 e. The predicted octanol–water partition coefficient (Wildman–Crippen LogP) is 4.18. The van der Waals surface area contributed by atoms with Crippen LogP contribution in [0.5, 0.6) is 0 Å². The van der Waals surface area contributed by atoms with Gasteiger partial charge in [0, 0.05) is 23.6 Å². The summed E-state index contributed by atoms with van der Waals surface area (Å²) in [6, 6.07) is 3.00. The second-order valence-corrected chi connectivity index (χ2v) is 4.09. The number of benzene rings is 1. The van der Waals surface area contributed by atoms with Crippen LogP contribution in [0.25, 0.3) is 6.08 Å². The first-order valence-corrected chi connectivity index (χ1v) is 5.04. The molecular formula is C9H7Cl3NO2+. The molecule has 6 heteroatoms. The van der Waals surface area contributed by atoms with Crippen molar-refractivity contribution in [3.63, 3.8) is 0 Å². The highest BCUT2D eigenvalue weighted by molar-refractivity contribution is 6.40. The Kier molecular flexibility index (Phi) is 3.97. The Morgan fingerprint density at radius 3 is 2.20 bits per heavy atom. The van der Waals surface area contributed by atoms with Gasteiger partial charge in [-0.3, -0.25) is 0 Å². The summed E-state index contributed by atoms with van der Waals surface area (Å²) >= 11 is 17.4. The molecule has 0 heterocycles. The molecule has 0 radical (unpaired) electrons. The van der Waals surface area contributed by atoms with Crippen LogP contribution < -0.4 is 0 Å². The smallest absolute Gasteiger partial charge is 0.241 e. The highest BCUT2D eigenvalue weighted by Crippen LogP contribution is 2.30. The zero-order valence-electron chi connectivity index (χ0n) is 7.67. The average Bonchev–Trinajstić information content (AvgIpc) is 2.10. The molecule has 0 unspecified atom stereocenters. The molecule has 0 atom stereocenters. The fraction of sp³-hybridized carbons (Fsp3) is 0.111. The van der Waals surface area contributed by atoms with E-state index in [4.69, 9.17) is 40.0 Å². The zero-order chi connectivity index (χ0) is 11.6. The summed E-state index contributed by atoms with van der Waals surface area (Å²) in [7, 11) is 0. The van der Waals surface area contributed by atoms with E-state index in [1.807, 2.05) is 0 Å². The first kappa shape index (κ1) is 12.3. The summed E-state index contributed by atoms with van der Waals surface area (Å²) in [6.45, 7) is 1.42. The minimum absolute atomic E-state index is 0.0705. The molecule has 15 heavy (non-hydrogen) atoms. The number of nitrogens with zero attached hydrogens (tertiary/aromatic N) is 1. The highest BCUT2D eigenvalue weighted by atomic mass is 35.5. The number of hydrogen-bond acceptors (Lipinski definition) is 1. The van der Waals surface area contributed by atoms with E-state index >= 15 is 0 Å². The first-order valence-electron chi connectivity index (χ1n) is 3.91. The molecule has 0 saturated heterocycles. The van der Waals surface area contributed by atoms with Crippen molar-refractivity contribution in [1.29, 1.82) is 0 Å². The van der Waals surface area contributed by atoms with Crippen molar-refractivity contribution in [2.24, 2.45) is 0 Å². The van der Waals surface area contributed by atoms with Crippen LogP contribution in [-0.2, 0) is 0 Å². The van der Waals surface area contributed by atoms with Crippen LogP contribution in [0, 0.1) is 4.91 Å². The van der Waals surface area contributed by atoms with Crippen molar-refractivity contribution >= 4 is 40.9 Å². The Balaban J connectivity index is 3.27. The van der Waals surface area contributed by atoms with E-state index in [2.05, 4.69) is 0 Å². The fourth-order valence-corrected chi connectivity index (χ4v) is 1.88. The van der Waals surface area contributed by atoms with Crippen molar-refractivity contribution < 1.29 is 10.1 Å². The van der Waals surface area contributed by atoms with Gasteiger partial charge in [-0.25, -0.2) is 5.21 Å². The van der Waals surface area contributed by atoms with Gasteiger partial charge >= 0.3 is 0 Å². The lowest BCUT2D eigenvalue weighted by Gasteiger charge is -2.01. The minimum atomic E-state index is -0.263. The van der Waals surface area contributed by atoms with Gasteiger partial charge in [0.2, 0.25) is 0 Å².